The van der Waals surface area contributed by atoms with Crippen molar-refractivity contribution in [3.63, 3.8) is 0 Å². The molecule has 0 bridgehead atoms. The summed E-state index contributed by atoms with van der Waals surface area (Å²) in [5.74, 6) is 0.962. The third kappa shape index (κ3) is 5.50. The fourth-order valence-electron chi connectivity index (χ4n) is 0.794. The summed E-state index contributed by atoms with van der Waals surface area (Å²) in [7, 11) is 0. The summed E-state index contributed by atoms with van der Waals surface area (Å²) >= 11 is 0. The zero-order valence-corrected chi connectivity index (χ0v) is 9.87. The van der Waals surface area contributed by atoms with Gasteiger partial charge < -0.3 is 0 Å². The Labute approximate surface area is 84.3 Å². The van der Waals surface area contributed by atoms with Gasteiger partial charge in [0.25, 0.3) is 0 Å². The predicted molar refractivity (Wildman–Crippen MR) is 62.1 cm³/mol. The van der Waals surface area contributed by atoms with Gasteiger partial charge in [-0.05, 0) is 12.5 Å². The standard InChI is InChI=1S/C8H12N2.H3P.H2S/c1-2-3-5-8-9-6-4-7-10-8;;/h4,6-7H,2-3,5H2,1H3;1H3;1H2. The lowest BCUT2D eigenvalue weighted by Gasteiger charge is -1.94. The zero-order valence-electron chi connectivity index (χ0n) is 7.45. The van der Waals surface area contributed by atoms with Crippen molar-refractivity contribution in [2.75, 3.05) is 0 Å². The van der Waals surface area contributed by atoms with Crippen LogP contribution < -0.4 is 0 Å². The summed E-state index contributed by atoms with van der Waals surface area (Å²) in [6.45, 7) is 2.17. The van der Waals surface area contributed by atoms with E-state index in [9.17, 15) is 0 Å². The lowest BCUT2D eigenvalue weighted by Crippen LogP contribution is -1.91. The van der Waals surface area contributed by atoms with Gasteiger partial charge in [0.2, 0.25) is 0 Å². The van der Waals surface area contributed by atoms with Crippen molar-refractivity contribution in [3.05, 3.63) is 24.3 Å². The molecule has 0 N–H and O–H groups in total. The first-order chi connectivity index (χ1) is 4.93. The van der Waals surface area contributed by atoms with Gasteiger partial charge >= 0.3 is 0 Å². The van der Waals surface area contributed by atoms with Crippen LogP contribution in [0, 0.1) is 0 Å². The molecule has 0 radical (unpaired) electrons. The summed E-state index contributed by atoms with van der Waals surface area (Å²) < 4.78 is 0. The highest BCUT2D eigenvalue weighted by Gasteiger charge is 1.90. The molecule has 2 nitrogen and oxygen atoms in total. The average molecular weight is 204 g/mol. The maximum absolute atomic E-state index is 4.11. The van der Waals surface area contributed by atoms with E-state index in [4.69, 9.17) is 0 Å². The van der Waals surface area contributed by atoms with Crippen molar-refractivity contribution in [1.82, 2.24) is 9.97 Å². The quantitative estimate of drug-likeness (QED) is 0.704. The third-order valence-electron chi connectivity index (χ3n) is 1.37. The van der Waals surface area contributed by atoms with Crippen molar-refractivity contribution in [2.45, 2.75) is 26.2 Å². The lowest BCUT2D eigenvalue weighted by molar-refractivity contribution is 0.752. The molecular weight excluding hydrogens is 187 g/mol. The van der Waals surface area contributed by atoms with Crippen LogP contribution in [0.15, 0.2) is 18.5 Å². The molecule has 0 saturated heterocycles. The van der Waals surface area contributed by atoms with E-state index >= 15 is 0 Å². The van der Waals surface area contributed by atoms with Gasteiger partial charge in [-0.25, -0.2) is 9.97 Å². The maximum atomic E-state index is 4.11. The predicted octanol–water partition coefficient (Wildman–Crippen LogP) is 1.99. The molecule has 0 aliphatic heterocycles. The molecule has 0 aliphatic rings. The minimum Gasteiger partial charge on any atom is -0.241 e. The average Bonchev–Trinajstić information content (AvgIpc) is 2.03. The van der Waals surface area contributed by atoms with E-state index in [1.165, 1.54) is 12.8 Å². The maximum Gasteiger partial charge on any atom is 0.128 e. The van der Waals surface area contributed by atoms with Crippen molar-refractivity contribution >= 4 is 23.4 Å². The summed E-state index contributed by atoms with van der Waals surface area (Å²) in [4.78, 5) is 8.21. The number of hydrogen-bond acceptors (Lipinski definition) is 2. The lowest BCUT2D eigenvalue weighted by atomic mass is 10.2. The minimum atomic E-state index is 0. The Hall–Kier alpha value is -0.140. The van der Waals surface area contributed by atoms with Crippen molar-refractivity contribution in [1.29, 1.82) is 0 Å². The fraction of sp³-hybridized carbons (Fsp3) is 0.500. The second-order valence-corrected chi connectivity index (χ2v) is 2.27. The fourth-order valence-corrected chi connectivity index (χ4v) is 0.794. The van der Waals surface area contributed by atoms with Crippen LogP contribution in [0.25, 0.3) is 0 Å². The first-order valence-corrected chi connectivity index (χ1v) is 3.69. The SMILES string of the molecule is CCCCc1ncccn1.P.S. The van der Waals surface area contributed by atoms with E-state index in [1.807, 2.05) is 6.07 Å². The second-order valence-electron chi connectivity index (χ2n) is 2.27. The summed E-state index contributed by atoms with van der Waals surface area (Å²) in [5.41, 5.74) is 0. The van der Waals surface area contributed by atoms with Crippen LogP contribution in [-0.2, 0) is 6.42 Å². The van der Waals surface area contributed by atoms with Crippen molar-refractivity contribution in [3.8, 4) is 0 Å². The smallest absolute Gasteiger partial charge is 0.128 e. The Morgan fingerprint density at radius 3 is 2.33 bits per heavy atom. The highest BCUT2D eigenvalue weighted by molar-refractivity contribution is 7.59. The third-order valence-corrected chi connectivity index (χ3v) is 1.37. The number of hydrogen-bond donors (Lipinski definition) is 0. The molecule has 0 aromatic carbocycles. The molecule has 0 aliphatic carbocycles. The van der Waals surface area contributed by atoms with E-state index in [2.05, 4.69) is 16.9 Å². The molecular formula is C8H17N2PS. The van der Waals surface area contributed by atoms with Gasteiger partial charge in [-0.15, -0.1) is 0 Å². The second kappa shape index (κ2) is 8.95. The zero-order chi connectivity index (χ0) is 7.23. The first kappa shape index (κ1) is 14.4. The van der Waals surface area contributed by atoms with Gasteiger partial charge in [-0.1, -0.05) is 13.3 Å². The van der Waals surface area contributed by atoms with Crippen LogP contribution in [0.4, 0.5) is 0 Å². The van der Waals surface area contributed by atoms with Crippen LogP contribution >= 0.6 is 23.4 Å². The monoisotopic (exact) mass is 204 g/mol. The topological polar surface area (TPSA) is 25.8 Å². The molecule has 1 aromatic heterocycles. The molecule has 1 rings (SSSR count). The van der Waals surface area contributed by atoms with Crippen LogP contribution in [-0.4, -0.2) is 9.97 Å². The Balaban J connectivity index is 0. The van der Waals surface area contributed by atoms with E-state index in [0.717, 1.165) is 12.2 Å². The van der Waals surface area contributed by atoms with E-state index in [-0.39, 0.29) is 23.4 Å². The van der Waals surface area contributed by atoms with Crippen LogP contribution in [0.3, 0.4) is 0 Å². The highest BCUT2D eigenvalue weighted by Crippen LogP contribution is 1.95. The number of aromatic nitrogens is 2. The van der Waals surface area contributed by atoms with Gasteiger partial charge in [0.1, 0.15) is 5.82 Å². The van der Waals surface area contributed by atoms with Gasteiger partial charge in [0.05, 0.1) is 0 Å². The van der Waals surface area contributed by atoms with E-state index < -0.39 is 0 Å². The molecule has 0 saturated carbocycles. The Morgan fingerprint density at radius 1 is 1.25 bits per heavy atom. The molecule has 1 unspecified atom stereocenters. The summed E-state index contributed by atoms with van der Waals surface area (Å²) in [6, 6.07) is 1.84. The van der Waals surface area contributed by atoms with Crippen molar-refractivity contribution in [2.24, 2.45) is 0 Å². The van der Waals surface area contributed by atoms with Crippen LogP contribution in [0.2, 0.25) is 0 Å². The molecule has 0 spiro atoms. The minimum absolute atomic E-state index is 0. The first-order valence-electron chi connectivity index (χ1n) is 3.69. The Bertz CT molecular complexity index is 182. The molecule has 70 valence electrons. The molecule has 0 fully saturated rings. The normalized spacial score (nSPS) is 8.08. The summed E-state index contributed by atoms with van der Waals surface area (Å²) in [6.07, 6.45) is 6.98. The van der Waals surface area contributed by atoms with Gasteiger partial charge in [-0.3, -0.25) is 0 Å². The van der Waals surface area contributed by atoms with Gasteiger partial charge in [0, 0.05) is 18.8 Å². The summed E-state index contributed by atoms with van der Waals surface area (Å²) in [5, 5.41) is 0. The number of unbranched alkanes of at least 4 members (excludes halogenated alkanes) is 1. The van der Waals surface area contributed by atoms with Gasteiger partial charge in [-0.2, -0.15) is 23.4 Å². The molecule has 0 amide bonds. The Kier molecular flexibility index (Phi) is 10.7. The molecule has 4 heteroatoms. The van der Waals surface area contributed by atoms with E-state index in [0.29, 0.717) is 0 Å². The molecule has 1 atom stereocenters. The van der Waals surface area contributed by atoms with Crippen LogP contribution in [0.1, 0.15) is 25.6 Å². The Morgan fingerprint density at radius 2 is 1.83 bits per heavy atom. The highest BCUT2D eigenvalue weighted by atomic mass is 32.1. The van der Waals surface area contributed by atoms with Crippen LogP contribution in [0.5, 0.6) is 0 Å². The molecule has 1 aromatic rings. The largest absolute Gasteiger partial charge is 0.241 e. The molecule has 12 heavy (non-hydrogen) atoms. The number of aryl methyl sites for hydroxylation is 1. The van der Waals surface area contributed by atoms with Gasteiger partial charge in [0.15, 0.2) is 0 Å². The van der Waals surface area contributed by atoms with E-state index in [1.54, 1.807) is 12.4 Å². The molecule has 1 heterocycles. The number of nitrogens with zero attached hydrogens (tertiary/aromatic N) is 2. The number of rotatable bonds is 3. The van der Waals surface area contributed by atoms with Crippen molar-refractivity contribution < 1.29 is 0 Å².